The summed E-state index contributed by atoms with van der Waals surface area (Å²) in [5.41, 5.74) is -0.0588. The third-order valence-corrected chi connectivity index (χ3v) is 3.72. The predicted molar refractivity (Wildman–Crippen MR) is 68.9 cm³/mol. The van der Waals surface area contributed by atoms with Crippen LogP contribution >= 0.6 is 0 Å². The van der Waals surface area contributed by atoms with Gasteiger partial charge in [0.15, 0.2) is 0 Å². The first-order chi connectivity index (χ1) is 9.02. The van der Waals surface area contributed by atoms with Crippen LogP contribution in [0.2, 0.25) is 0 Å². The highest BCUT2D eigenvalue weighted by atomic mass is 19.1. The van der Waals surface area contributed by atoms with Crippen LogP contribution in [0.25, 0.3) is 0 Å². The van der Waals surface area contributed by atoms with Gasteiger partial charge in [-0.15, -0.1) is 0 Å². The lowest BCUT2D eigenvalue weighted by atomic mass is 9.93. The molecule has 1 saturated heterocycles. The maximum Gasteiger partial charge on any atom is 0.256 e. The summed E-state index contributed by atoms with van der Waals surface area (Å²) >= 11 is 0. The molecule has 19 heavy (non-hydrogen) atoms. The molecule has 0 bridgehead atoms. The Hall–Kier alpha value is -1.49. The number of nitrogens with one attached hydrogen (secondary N) is 1. The van der Waals surface area contributed by atoms with Crippen molar-refractivity contribution < 1.29 is 13.6 Å². The molecule has 1 fully saturated rings. The number of halogens is 2. The average Bonchev–Trinajstić information content (AvgIpc) is 2.38. The molecule has 2 unspecified atom stereocenters. The molecule has 0 aliphatic carbocycles. The Bertz CT molecular complexity index is 479. The minimum Gasteiger partial charge on any atom is -0.338 e. The third kappa shape index (κ3) is 2.92. The van der Waals surface area contributed by atoms with Gasteiger partial charge in [0, 0.05) is 25.2 Å². The fraction of sp³-hybridized carbons (Fsp3) is 0.500. The molecule has 0 radical (unpaired) electrons. The van der Waals surface area contributed by atoms with Crippen molar-refractivity contribution in [2.75, 3.05) is 20.1 Å². The number of amides is 1. The summed E-state index contributed by atoms with van der Waals surface area (Å²) < 4.78 is 26.4. The van der Waals surface area contributed by atoms with E-state index in [0.29, 0.717) is 25.0 Å². The summed E-state index contributed by atoms with van der Waals surface area (Å²) in [5.74, 6) is -1.52. The zero-order valence-corrected chi connectivity index (χ0v) is 11.1. The maximum absolute atomic E-state index is 13.6. The van der Waals surface area contributed by atoms with E-state index in [-0.39, 0.29) is 11.5 Å². The normalized spacial score (nSPS) is 23.5. The van der Waals surface area contributed by atoms with Gasteiger partial charge in [0.1, 0.15) is 11.6 Å². The molecule has 1 aliphatic rings. The molecule has 0 spiro atoms. The Kier molecular flexibility index (Phi) is 4.14. The van der Waals surface area contributed by atoms with Crippen LogP contribution in [0.1, 0.15) is 23.7 Å². The van der Waals surface area contributed by atoms with E-state index in [4.69, 9.17) is 0 Å². The molecular weight excluding hydrogens is 250 g/mol. The molecule has 3 nitrogen and oxygen atoms in total. The first kappa shape index (κ1) is 13.9. The largest absolute Gasteiger partial charge is 0.338 e. The van der Waals surface area contributed by atoms with E-state index in [1.165, 1.54) is 6.07 Å². The standard InChI is InChI=1S/C14H18F2N2O/c1-9-8-18(6-5-13(9)17-2)14(19)11-4-3-10(15)7-12(11)16/h3-4,7,9,13,17H,5-6,8H2,1-2H3. The van der Waals surface area contributed by atoms with Gasteiger partial charge in [0.05, 0.1) is 5.56 Å². The second kappa shape index (κ2) is 5.65. The molecule has 1 aliphatic heterocycles. The molecular formula is C14H18F2N2O. The highest BCUT2D eigenvalue weighted by Gasteiger charge is 2.29. The number of nitrogens with zero attached hydrogens (tertiary/aromatic N) is 1. The van der Waals surface area contributed by atoms with Crippen molar-refractivity contribution in [3.63, 3.8) is 0 Å². The van der Waals surface area contributed by atoms with Crippen molar-refractivity contribution in [1.29, 1.82) is 0 Å². The first-order valence-corrected chi connectivity index (χ1v) is 6.44. The fourth-order valence-electron chi connectivity index (χ4n) is 2.59. The topological polar surface area (TPSA) is 32.3 Å². The summed E-state index contributed by atoms with van der Waals surface area (Å²) in [5, 5.41) is 3.21. The van der Waals surface area contributed by atoms with Crippen molar-refractivity contribution in [2.24, 2.45) is 5.92 Å². The number of piperidine rings is 1. The Labute approximate surface area is 111 Å². The molecule has 0 aromatic heterocycles. The van der Waals surface area contributed by atoms with E-state index in [0.717, 1.165) is 18.6 Å². The van der Waals surface area contributed by atoms with Gasteiger partial charge in [-0.2, -0.15) is 0 Å². The minimum atomic E-state index is -0.798. The monoisotopic (exact) mass is 268 g/mol. The summed E-state index contributed by atoms with van der Waals surface area (Å²) in [6.45, 7) is 3.23. The summed E-state index contributed by atoms with van der Waals surface area (Å²) in [4.78, 5) is 13.8. The van der Waals surface area contributed by atoms with E-state index < -0.39 is 11.6 Å². The molecule has 1 N–H and O–H groups in total. The Morgan fingerprint density at radius 1 is 1.42 bits per heavy atom. The molecule has 1 aromatic carbocycles. The molecule has 0 saturated carbocycles. The smallest absolute Gasteiger partial charge is 0.256 e. The SMILES string of the molecule is CNC1CCN(C(=O)c2ccc(F)cc2F)CC1C. The van der Waals surface area contributed by atoms with Crippen molar-refractivity contribution in [3.8, 4) is 0 Å². The van der Waals surface area contributed by atoms with Gasteiger partial charge >= 0.3 is 0 Å². The summed E-state index contributed by atoms with van der Waals surface area (Å²) in [6.07, 6.45) is 0.840. The fourth-order valence-corrected chi connectivity index (χ4v) is 2.59. The highest BCUT2D eigenvalue weighted by Crippen LogP contribution is 2.20. The van der Waals surface area contributed by atoms with Gasteiger partial charge in [0.25, 0.3) is 5.91 Å². The van der Waals surface area contributed by atoms with E-state index in [1.807, 2.05) is 7.05 Å². The lowest BCUT2D eigenvalue weighted by Gasteiger charge is -2.36. The van der Waals surface area contributed by atoms with Gasteiger partial charge in [-0.3, -0.25) is 4.79 Å². The van der Waals surface area contributed by atoms with Crippen molar-refractivity contribution in [1.82, 2.24) is 10.2 Å². The van der Waals surface area contributed by atoms with Crippen LogP contribution in [0.4, 0.5) is 8.78 Å². The van der Waals surface area contributed by atoms with Gasteiger partial charge in [-0.25, -0.2) is 8.78 Å². The first-order valence-electron chi connectivity index (χ1n) is 6.44. The lowest BCUT2D eigenvalue weighted by molar-refractivity contribution is 0.0644. The van der Waals surface area contributed by atoms with Gasteiger partial charge < -0.3 is 10.2 Å². The Morgan fingerprint density at radius 2 is 2.16 bits per heavy atom. The van der Waals surface area contributed by atoms with E-state index in [9.17, 15) is 13.6 Å². The van der Waals surface area contributed by atoms with Crippen molar-refractivity contribution >= 4 is 5.91 Å². The molecule has 2 rings (SSSR count). The predicted octanol–water partition coefficient (Wildman–Crippen LogP) is 2.03. The second-order valence-corrected chi connectivity index (χ2v) is 5.04. The quantitative estimate of drug-likeness (QED) is 0.890. The van der Waals surface area contributed by atoms with Crippen LogP contribution < -0.4 is 5.32 Å². The molecule has 5 heteroatoms. The molecule has 2 atom stereocenters. The van der Waals surface area contributed by atoms with Crippen LogP contribution in [-0.4, -0.2) is 37.0 Å². The minimum absolute atomic E-state index is 0.0588. The van der Waals surface area contributed by atoms with Crippen LogP contribution in [0.3, 0.4) is 0 Å². The number of hydrogen-bond acceptors (Lipinski definition) is 2. The number of rotatable bonds is 2. The van der Waals surface area contributed by atoms with Crippen LogP contribution in [0, 0.1) is 17.6 Å². The molecule has 1 amide bonds. The molecule has 1 heterocycles. The number of likely N-dealkylation sites (tertiary alicyclic amines) is 1. The van der Waals surface area contributed by atoms with Crippen LogP contribution in [-0.2, 0) is 0 Å². The van der Waals surface area contributed by atoms with Gasteiger partial charge in [-0.1, -0.05) is 6.92 Å². The summed E-state index contributed by atoms with van der Waals surface area (Å²) in [7, 11) is 1.90. The zero-order chi connectivity index (χ0) is 14.0. The van der Waals surface area contributed by atoms with E-state index >= 15 is 0 Å². The molecule has 104 valence electrons. The van der Waals surface area contributed by atoms with E-state index in [1.54, 1.807) is 4.90 Å². The van der Waals surface area contributed by atoms with Crippen molar-refractivity contribution in [3.05, 3.63) is 35.4 Å². The van der Waals surface area contributed by atoms with Crippen LogP contribution in [0.5, 0.6) is 0 Å². The Balaban J connectivity index is 2.12. The second-order valence-electron chi connectivity index (χ2n) is 5.04. The van der Waals surface area contributed by atoms with Crippen LogP contribution in [0.15, 0.2) is 18.2 Å². The highest BCUT2D eigenvalue weighted by molar-refractivity contribution is 5.94. The summed E-state index contributed by atoms with van der Waals surface area (Å²) in [6, 6.07) is 3.45. The number of benzene rings is 1. The zero-order valence-electron chi connectivity index (χ0n) is 11.1. The van der Waals surface area contributed by atoms with Gasteiger partial charge in [-0.05, 0) is 31.5 Å². The van der Waals surface area contributed by atoms with Gasteiger partial charge in [0.2, 0.25) is 0 Å². The average molecular weight is 268 g/mol. The lowest BCUT2D eigenvalue weighted by Crippen LogP contribution is -2.49. The third-order valence-electron chi connectivity index (χ3n) is 3.72. The number of carbonyl (C=O) groups is 1. The maximum atomic E-state index is 13.6. The molecule has 1 aromatic rings. The van der Waals surface area contributed by atoms with Crippen molar-refractivity contribution in [2.45, 2.75) is 19.4 Å². The Morgan fingerprint density at radius 3 is 2.74 bits per heavy atom. The number of carbonyl (C=O) groups excluding carboxylic acids is 1. The number of hydrogen-bond donors (Lipinski definition) is 1. The van der Waals surface area contributed by atoms with E-state index in [2.05, 4.69) is 12.2 Å².